The normalized spacial score (nSPS) is 13.1. The monoisotopic (exact) mass is 254 g/mol. The zero-order valence-electron chi connectivity index (χ0n) is 9.91. The fourth-order valence-electron chi connectivity index (χ4n) is 2.15. The number of hydrogen-bond donors (Lipinski definition) is 1. The second-order valence-electron chi connectivity index (χ2n) is 4.26. The van der Waals surface area contributed by atoms with E-state index in [1.54, 1.807) is 4.52 Å². The summed E-state index contributed by atoms with van der Waals surface area (Å²) in [6, 6.07) is 9.68. The third kappa shape index (κ3) is 1.57. The maximum Gasteiger partial charge on any atom is 0.240 e. The van der Waals surface area contributed by atoms with Crippen LogP contribution < -0.4 is 15.2 Å². The molecule has 4 rings (SSSR count). The first-order valence-corrected chi connectivity index (χ1v) is 5.81. The molecule has 0 atom stereocenters. The van der Waals surface area contributed by atoms with Crippen molar-refractivity contribution in [2.24, 2.45) is 0 Å². The van der Waals surface area contributed by atoms with Crippen molar-refractivity contribution in [2.45, 2.75) is 0 Å². The molecular formula is C13H10N4O2. The molecule has 94 valence electrons. The first-order chi connectivity index (χ1) is 9.29. The zero-order valence-corrected chi connectivity index (χ0v) is 9.91. The molecule has 0 saturated carbocycles. The molecule has 2 aromatic heterocycles. The van der Waals surface area contributed by atoms with Crippen molar-refractivity contribution in [3.8, 4) is 22.6 Å². The summed E-state index contributed by atoms with van der Waals surface area (Å²) in [5.74, 6) is 1.80. The van der Waals surface area contributed by atoms with Crippen LogP contribution in [0.5, 0.6) is 11.5 Å². The minimum atomic E-state index is 0.267. The highest BCUT2D eigenvalue weighted by molar-refractivity contribution is 5.68. The molecular weight excluding hydrogens is 244 g/mol. The molecule has 3 heterocycles. The van der Waals surface area contributed by atoms with Crippen molar-refractivity contribution >= 4 is 11.6 Å². The summed E-state index contributed by atoms with van der Waals surface area (Å²) in [6.07, 6.45) is 1.89. The van der Waals surface area contributed by atoms with Gasteiger partial charge in [0, 0.05) is 11.8 Å². The van der Waals surface area contributed by atoms with E-state index in [2.05, 4.69) is 10.1 Å². The van der Waals surface area contributed by atoms with Gasteiger partial charge in [0.05, 0.1) is 0 Å². The number of ether oxygens (including phenoxy) is 2. The third-order valence-electron chi connectivity index (χ3n) is 3.05. The molecule has 0 amide bonds. The molecule has 6 heteroatoms. The number of benzene rings is 1. The van der Waals surface area contributed by atoms with E-state index in [-0.39, 0.29) is 12.7 Å². The van der Waals surface area contributed by atoms with Gasteiger partial charge in [-0.05, 0) is 29.8 Å². The molecule has 0 unspecified atom stereocenters. The van der Waals surface area contributed by atoms with Gasteiger partial charge in [-0.3, -0.25) is 0 Å². The zero-order chi connectivity index (χ0) is 12.8. The Morgan fingerprint density at radius 1 is 1.05 bits per heavy atom. The number of pyridine rings is 1. The Bertz CT molecular complexity index is 781. The molecule has 0 radical (unpaired) electrons. The number of nitrogens with two attached hydrogens (primary N) is 1. The van der Waals surface area contributed by atoms with Gasteiger partial charge >= 0.3 is 0 Å². The highest BCUT2D eigenvalue weighted by Gasteiger charge is 2.14. The van der Waals surface area contributed by atoms with Crippen LogP contribution in [0.25, 0.3) is 16.8 Å². The third-order valence-corrected chi connectivity index (χ3v) is 3.05. The van der Waals surface area contributed by atoms with Gasteiger partial charge in [0.2, 0.25) is 12.7 Å². The number of nitrogens with zero attached hydrogens (tertiary/aromatic N) is 3. The number of hydrogen-bond acceptors (Lipinski definition) is 5. The maximum absolute atomic E-state index is 5.57. The molecule has 6 nitrogen and oxygen atoms in total. The van der Waals surface area contributed by atoms with Gasteiger partial charge in [0.25, 0.3) is 0 Å². The van der Waals surface area contributed by atoms with Crippen molar-refractivity contribution in [3.63, 3.8) is 0 Å². The molecule has 0 bridgehead atoms. The minimum absolute atomic E-state index is 0.267. The topological polar surface area (TPSA) is 74.7 Å². The van der Waals surface area contributed by atoms with E-state index in [0.29, 0.717) is 0 Å². The van der Waals surface area contributed by atoms with Crippen molar-refractivity contribution in [2.75, 3.05) is 12.5 Å². The quantitative estimate of drug-likeness (QED) is 0.715. The van der Waals surface area contributed by atoms with Gasteiger partial charge in [-0.1, -0.05) is 6.07 Å². The lowest BCUT2D eigenvalue weighted by Crippen LogP contribution is -1.92. The number of fused-ring (bicyclic) bond motifs is 2. The summed E-state index contributed by atoms with van der Waals surface area (Å²) in [6.45, 7) is 0.275. The van der Waals surface area contributed by atoms with Crippen LogP contribution in [-0.2, 0) is 0 Å². The Morgan fingerprint density at radius 2 is 1.89 bits per heavy atom. The van der Waals surface area contributed by atoms with Gasteiger partial charge in [-0.15, -0.1) is 5.10 Å². The number of aromatic nitrogens is 3. The fourth-order valence-corrected chi connectivity index (χ4v) is 2.15. The Balaban J connectivity index is 1.85. The predicted octanol–water partition coefficient (Wildman–Crippen LogP) is 1.71. The van der Waals surface area contributed by atoms with Crippen LogP contribution in [0.3, 0.4) is 0 Å². The highest BCUT2D eigenvalue weighted by atomic mass is 16.7. The summed E-state index contributed by atoms with van der Waals surface area (Å²) in [7, 11) is 0. The lowest BCUT2D eigenvalue weighted by atomic mass is 10.1. The Kier molecular flexibility index (Phi) is 1.94. The molecule has 1 aliphatic heterocycles. The van der Waals surface area contributed by atoms with E-state index in [1.807, 2.05) is 36.5 Å². The molecule has 3 aromatic rings. The minimum Gasteiger partial charge on any atom is -0.454 e. The van der Waals surface area contributed by atoms with E-state index in [1.165, 1.54) is 0 Å². The number of anilines is 1. The maximum atomic E-state index is 5.57. The summed E-state index contributed by atoms with van der Waals surface area (Å²) < 4.78 is 12.3. The van der Waals surface area contributed by atoms with Crippen molar-refractivity contribution in [1.82, 2.24) is 14.6 Å². The van der Waals surface area contributed by atoms with E-state index in [0.717, 1.165) is 28.3 Å². The summed E-state index contributed by atoms with van der Waals surface area (Å²) >= 11 is 0. The first-order valence-electron chi connectivity index (χ1n) is 5.81. The van der Waals surface area contributed by atoms with Crippen LogP contribution in [0.1, 0.15) is 0 Å². The highest BCUT2D eigenvalue weighted by Crippen LogP contribution is 2.35. The number of nitrogen functional groups attached to an aromatic ring is 1. The number of rotatable bonds is 1. The van der Waals surface area contributed by atoms with Gasteiger partial charge in [0.15, 0.2) is 17.1 Å². The van der Waals surface area contributed by atoms with E-state index in [4.69, 9.17) is 15.2 Å². The second-order valence-corrected chi connectivity index (χ2v) is 4.26. The van der Waals surface area contributed by atoms with Crippen molar-refractivity contribution < 1.29 is 9.47 Å². The molecule has 0 spiro atoms. The lowest BCUT2D eigenvalue weighted by Gasteiger charge is -2.03. The molecule has 0 fully saturated rings. The van der Waals surface area contributed by atoms with Gasteiger partial charge in [-0.25, -0.2) is 4.52 Å². The van der Waals surface area contributed by atoms with E-state index >= 15 is 0 Å². The van der Waals surface area contributed by atoms with Crippen LogP contribution in [0.4, 0.5) is 5.95 Å². The van der Waals surface area contributed by atoms with Crippen LogP contribution in [-0.4, -0.2) is 21.4 Å². The molecule has 19 heavy (non-hydrogen) atoms. The molecule has 0 aliphatic carbocycles. The van der Waals surface area contributed by atoms with E-state index in [9.17, 15) is 0 Å². The largest absolute Gasteiger partial charge is 0.454 e. The lowest BCUT2D eigenvalue weighted by molar-refractivity contribution is 0.174. The van der Waals surface area contributed by atoms with Crippen molar-refractivity contribution in [3.05, 3.63) is 36.5 Å². The van der Waals surface area contributed by atoms with E-state index < -0.39 is 0 Å². The smallest absolute Gasteiger partial charge is 0.240 e. The summed E-state index contributed by atoms with van der Waals surface area (Å²) in [4.78, 5) is 4.09. The Labute approximate surface area is 108 Å². The molecule has 1 aromatic carbocycles. The Hall–Kier alpha value is -2.76. The average Bonchev–Trinajstić information content (AvgIpc) is 3.01. The molecule has 2 N–H and O–H groups in total. The predicted molar refractivity (Wildman–Crippen MR) is 69.0 cm³/mol. The van der Waals surface area contributed by atoms with Gasteiger partial charge in [-0.2, -0.15) is 4.98 Å². The van der Waals surface area contributed by atoms with Gasteiger partial charge in [0.1, 0.15) is 0 Å². The summed E-state index contributed by atoms with van der Waals surface area (Å²) in [5, 5.41) is 4.10. The van der Waals surface area contributed by atoms with Crippen LogP contribution >= 0.6 is 0 Å². The standard InChI is InChI=1S/C13H10N4O2/c14-13-15-12-4-2-9(6-17(12)16-13)8-1-3-10-11(5-8)19-7-18-10/h1-6H,7H2,(H2,14,16). The van der Waals surface area contributed by atoms with Crippen LogP contribution in [0.2, 0.25) is 0 Å². The second kappa shape index (κ2) is 3.61. The average molecular weight is 254 g/mol. The van der Waals surface area contributed by atoms with Crippen molar-refractivity contribution in [1.29, 1.82) is 0 Å². The Morgan fingerprint density at radius 3 is 2.84 bits per heavy atom. The molecule has 0 saturated heterocycles. The fraction of sp³-hybridized carbons (Fsp3) is 0.0769. The first kappa shape index (κ1) is 10.2. The van der Waals surface area contributed by atoms with Gasteiger partial charge < -0.3 is 15.2 Å². The van der Waals surface area contributed by atoms with Crippen LogP contribution in [0.15, 0.2) is 36.5 Å². The SMILES string of the molecule is Nc1nc2ccc(-c3ccc4c(c3)OCO4)cn2n1. The molecule has 1 aliphatic rings. The van der Waals surface area contributed by atoms with Crippen LogP contribution in [0, 0.1) is 0 Å². The summed E-state index contributed by atoms with van der Waals surface area (Å²) in [5.41, 5.74) is 8.34.